The van der Waals surface area contributed by atoms with Gasteiger partial charge in [0, 0.05) is 12.5 Å². The van der Waals surface area contributed by atoms with Crippen LogP contribution >= 0.6 is 0 Å². The van der Waals surface area contributed by atoms with Gasteiger partial charge in [-0.25, -0.2) is 0 Å². The molecule has 2 heterocycles. The molecular formula is C11H16N4O2. The van der Waals surface area contributed by atoms with Gasteiger partial charge in [0.05, 0.1) is 24.0 Å². The van der Waals surface area contributed by atoms with Crippen molar-refractivity contribution in [3.8, 4) is 0 Å². The van der Waals surface area contributed by atoms with Crippen LogP contribution in [0, 0.1) is 0 Å². The molecule has 0 aromatic carbocycles. The van der Waals surface area contributed by atoms with Gasteiger partial charge in [0.1, 0.15) is 0 Å². The first-order valence-electron chi connectivity index (χ1n) is 5.98. The van der Waals surface area contributed by atoms with Crippen molar-refractivity contribution in [2.45, 2.75) is 31.2 Å². The molecule has 4 N–H and O–H groups in total. The third-order valence-electron chi connectivity index (χ3n) is 3.30. The average molecular weight is 236 g/mol. The van der Waals surface area contributed by atoms with Gasteiger partial charge in [-0.3, -0.25) is 9.89 Å². The topological polar surface area (TPSA) is 93.0 Å². The molecule has 3 rings (SSSR count). The molecule has 1 aliphatic carbocycles. The molecule has 0 radical (unpaired) electrons. The highest BCUT2D eigenvalue weighted by Crippen LogP contribution is 2.42. The predicted octanol–water partition coefficient (Wildman–Crippen LogP) is 0.388. The smallest absolute Gasteiger partial charge is 0.274 e. The summed E-state index contributed by atoms with van der Waals surface area (Å²) >= 11 is 0. The van der Waals surface area contributed by atoms with E-state index in [4.69, 9.17) is 10.5 Å². The fourth-order valence-electron chi connectivity index (χ4n) is 2.12. The Morgan fingerprint density at radius 3 is 2.94 bits per heavy atom. The van der Waals surface area contributed by atoms with Crippen molar-refractivity contribution in [2.75, 3.05) is 18.9 Å². The van der Waals surface area contributed by atoms with Gasteiger partial charge in [0.2, 0.25) is 0 Å². The van der Waals surface area contributed by atoms with Crippen molar-refractivity contribution in [2.24, 2.45) is 0 Å². The van der Waals surface area contributed by atoms with Crippen molar-refractivity contribution < 1.29 is 9.53 Å². The number of hydrogen-bond donors (Lipinski definition) is 3. The summed E-state index contributed by atoms with van der Waals surface area (Å²) < 4.78 is 5.20. The Morgan fingerprint density at radius 2 is 2.29 bits per heavy atom. The van der Waals surface area contributed by atoms with Gasteiger partial charge < -0.3 is 15.8 Å². The lowest BCUT2D eigenvalue weighted by Gasteiger charge is -2.09. The fraction of sp³-hybridized carbons (Fsp3) is 0.636. The van der Waals surface area contributed by atoms with E-state index in [1.165, 1.54) is 0 Å². The number of ether oxygens (including phenoxy) is 1. The lowest BCUT2D eigenvalue weighted by molar-refractivity contribution is 0.0925. The zero-order valence-electron chi connectivity index (χ0n) is 9.53. The summed E-state index contributed by atoms with van der Waals surface area (Å²) in [6.45, 7) is 1.28. The highest BCUT2D eigenvalue weighted by Gasteiger charge is 2.31. The highest BCUT2D eigenvalue weighted by atomic mass is 16.5. The Hall–Kier alpha value is -1.56. The number of H-pyrrole nitrogens is 1. The molecule has 17 heavy (non-hydrogen) atoms. The van der Waals surface area contributed by atoms with E-state index in [2.05, 4.69) is 15.5 Å². The van der Waals surface area contributed by atoms with Crippen LogP contribution in [-0.4, -0.2) is 35.4 Å². The van der Waals surface area contributed by atoms with Crippen LogP contribution in [0.3, 0.4) is 0 Å². The Morgan fingerprint density at radius 1 is 1.47 bits per heavy atom. The molecule has 1 aromatic rings. The average Bonchev–Trinajstić information content (AvgIpc) is 2.88. The van der Waals surface area contributed by atoms with Gasteiger partial charge in [0.15, 0.2) is 5.69 Å². The molecule has 2 aliphatic rings. The third kappa shape index (κ3) is 2.00. The second-order valence-corrected chi connectivity index (χ2v) is 4.71. The molecular weight excluding hydrogens is 220 g/mol. The fourth-order valence-corrected chi connectivity index (χ4v) is 2.12. The summed E-state index contributed by atoms with van der Waals surface area (Å²) in [7, 11) is 0. The molecule has 1 saturated carbocycles. The van der Waals surface area contributed by atoms with Crippen molar-refractivity contribution in [3.05, 3.63) is 11.4 Å². The number of nitrogens with zero attached hydrogens (tertiary/aromatic N) is 1. The predicted molar refractivity (Wildman–Crippen MR) is 61.7 cm³/mol. The molecule has 6 heteroatoms. The number of rotatable bonds is 3. The van der Waals surface area contributed by atoms with Crippen LogP contribution in [0.2, 0.25) is 0 Å². The molecule has 1 unspecified atom stereocenters. The summed E-state index contributed by atoms with van der Waals surface area (Å²) in [5.74, 6) is 0.264. The Labute approximate surface area is 98.9 Å². The maximum absolute atomic E-state index is 11.9. The number of nitrogens with two attached hydrogens (primary N) is 1. The summed E-state index contributed by atoms with van der Waals surface area (Å²) in [5.41, 5.74) is 7.67. The molecule has 1 aromatic heterocycles. The first-order chi connectivity index (χ1) is 8.25. The van der Waals surface area contributed by atoms with Gasteiger partial charge in [-0.15, -0.1) is 0 Å². The number of aromatic amines is 1. The lowest BCUT2D eigenvalue weighted by atomic mass is 10.2. The Bertz CT molecular complexity index is 433. The van der Waals surface area contributed by atoms with Crippen LogP contribution in [0.4, 0.5) is 5.69 Å². The minimum absolute atomic E-state index is 0.0861. The summed E-state index contributed by atoms with van der Waals surface area (Å²) in [6, 6.07) is 0.0861. The quantitative estimate of drug-likeness (QED) is 0.707. The van der Waals surface area contributed by atoms with E-state index in [0.717, 1.165) is 25.0 Å². The van der Waals surface area contributed by atoms with Crippen molar-refractivity contribution >= 4 is 11.6 Å². The molecule has 1 saturated heterocycles. The molecule has 1 atom stereocenters. The largest absolute Gasteiger partial charge is 0.395 e. The number of hydrogen-bond acceptors (Lipinski definition) is 4. The van der Waals surface area contributed by atoms with E-state index in [1.54, 1.807) is 0 Å². The van der Waals surface area contributed by atoms with Crippen LogP contribution in [0.15, 0.2) is 0 Å². The Balaban J connectivity index is 1.71. The first kappa shape index (κ1) is 10.6. The van der Waals surface area contributed by atoms with Gasteiger partial charge >= 0.3 is 0 Å². The minimum atomic E-state index is -0.207. The third-order valence-corrected chi connectivity index (χ3v) is 3.30. The zero-order chi connectivity index (χ0) is 11.8. The number of amides is 1. The standard InChI is InChI=1S/C11H16N4O2/c12-8-9(6-1-2-6)14-15-10(8)11(16)13-7-3-4-17-5-7/h6-7H,1-5,12H2,(H,13,16)(H,14,15). The van der Waals surface area contributed by atoms with Crippen molar-refractivity contribution in [1.29, 1.82) is 0 Å². The Kier molecular flexibility index (Phi) is 2.51. The first-order valence-corrected chi connectivity index (χ1v) is 5.98. The monoisotopic (exact) mass is 236 g/mol. The molecule has 6 nitrogen and oxygen atoms in total. The van der Waals surface area contributed by atoms with Crippen molar-refractivity contribution in [1.82, 2.24) is 15.5 Å². The molecule has 92 valence electrons. The summed E-state index contributed by atoms with van der Waals surface area (Å²) in [6.07, 6.45) is 3.11. The van der Waals surface area contributed by atoms with Crippen LogP contribution in [0.5, 0.6) is 0 Å². The number of nitrogens with one attached hydrogen (secondary N) is 2. The number of aromatic nitrogens is 2. The summed E-state index contributed by atoms with van der Waals surface area (Å²) in [4.78, 5) is 11.9. The van der Waals surface area contributed by atoms with E-state index < -0.39 is 0 Å². The second-order valence-electron chi connectivity index (χ2n) is 4.71. The maximum atomic E-state index is 11.9. The van der Waals surface area contributed by atoms with Gasteiger partial charge in [0.25, 0.3) is 5.91 Å². The zero-order valence-corrected chi connectivity index (χ0v) is 9.53. The number of nitrogen functional groups attached to an aromatic ring is 1. The van der Waals surface area contributed by atoms with E-state index >= 15 is 0 Å². The normalized spacial score (nSPS) is 23.9. The van der Waals surface area contributed by atoms with Crippen LogP contribution in [0.25, 0.3) is 0 Å². The van der Waals surface area contributed by atoms with Gasteiger partial charge in [-0.05, 0) is 19.3 Å². The molecule has 0 spiro atoms. The lowest BCUT2D eigenvalue weighted by Crippen LogP contribution is -2.35. The van der Waals surface area contributed by atoms with Gasteiger partial charge in [-0.1, -0.05) is 0 Å². The maximum Gasteiger partial charge on any atom is 0.274 e. The van der Waals surface area contributed by atoms with E-state index in [0.29, 0.717) is 30.5 Å². The van der Waals surface area contributed by atoms with E-state index in [1.807, 2.05) is 0 Å². The van der Waals surface area contributed by atoms with Crippen molar-refractivity contribution in [3.63, 3.8) is 0 Å². The minimum Gasteiger partial charge on any atom is -0.395 e. The number of carbonyl (C=O) groups excluding carboxylic acids is 1. The molecule has 1 amide bonds. The summed E-state index contributed by atoms with van der Waals surface area (Å²) in [5, 5.41) is 9.77. The molecule has 2 fully saturated rings. The van der Waals surface area contributed by atoms with Crippen LogP contribution in [-0.2, 0) is 4.74 Å². The number of carbonyl (C=O) groups is 1. The molecule has 1 aliphatic heterocycles. The van der Waals surface area contributed by atoms with E-state index in [-0.39, 0.29) is 11.9 Å². The number of anilines is 1. The highest BCUT2D eigenvalue weighted by molar-refractivity contribution is 5.97. The van der Waals surface area contributed by atoms with E-state index in [9.17, 15) is 4.79 Å². The molecule has 0 bridgehead atoms. The second kappa shape index (κ2) is 4.03. The van der Waals surface area contributed by atoms with Gasteiger partial charge in [-0.2, -0.15) is 5.10 Å². The van der Waals surface area contributed by atoms with Crippen LogP contribution in [0.1, 0.15) is 41.4 Å². The SMILES string of the molecule is Nc1c(C(=O)NC2CCOC2)n[nH]c1C1CC1. The van der Waals surface area contributed by atoms with Crippen LogP contribution < -0.4 is 11.1 Å².